The number of anilines is 1. The molecular formula is C32H45N6O6S-. The SMILES string of the molecule is CCOC(=O)CN(CC1CCCCC1)C(=O)C(CC(=O)N(CC1CCNCC1)C(=N)N)N(c1ccc2ccccc2c1)S(=O)[O-]. The summed E-state index contributed by atoms with van der Waals surface area (Å²) < 4.78 is 32.1. The highest BCUT2D eigenvalue weighted by molar-refractivity contribution is 7.80. The van der Waals surface area contributed by atoms with Crippen molar-refractivity contribution < 1.29 is 27.9 Å². The molecule has 1 aliphatic carbocycles. The molecule has 4 N–H and O–H groups in total. The highest BCUT2D eigenvalue weighted by Gasteiger charge is 2.37. The van der Waals surface area contributed by atoms with Crippen LogP contribution in [-0.2, 0) is 30.4 Å². The number of carbonyl (C=O) groups is 3. The zero-order chi connectivity index (χ0) is 32.3. The van der Waals surface area contributed by atoms with Crippen LogP contribution in [0.2, 0.25) is 0 Å². The average molecular weight is 642 g/mol. The zero-order valence-corrected chi connectivity index (χ0v) is 26.8. The number of ether oxygens (including phenoxy) is 1. The summed E-state index contributed by atoms with van der Waals surface area (Å²) in [5.74, 6) is -2.15. The van der Waals surface area contributed by atoms with Crippen LogP contribution in [0.15, 0.2) is 42.5 Å². The van der Waals surface area contributed by atoms with Crippen molar-refractivity contribution >= 4 is 51.5 Å². The molecule has 0 aromatic heterocycles. The minimum atomic E-state index is -2.98. The van der Waals surface area contributed by atoms with Crippen LogP contribution in [0.3, 0.4) is 0 Å². The predicted octanol–water partition coefficient (Wildman–Crippen LogP) is 2.89. The van der Waals surface area contributed by atoms with Crippen LogP contribution in [0, 0.1) is 17.2 Å². The molecule has 0 radical (unpaired) electrons. The lowest BCUT2D eigenvalue weighted by molar-refractivity contribution is -0.150. The minimum Gasteiger partial charge on any atom is -0.755 e. The fourth-order valence-electron chi connectivity index (χ4n) is 6.37. The molecule has 13 heteroatoms. The number of esters is 1. The fraction of sp³-hybridized carbons (Fsp3) is 0.562. The summed E-state index contributed by atoms with van der Waals surface area (Å²) in [6.45, 7) is 3.43. The highest BCUT2D eigenvalue weighted by atomic mass is 32.2. The number of carbonyl (C=O) groups excluding carboxylic acids is 3. The Kier molecular flexibility index (Phi) is 12.7. The molecule has 12 nitrogen and oxygen atoms in total. The van der Waals surface area contributed by atoms with E-state index in [0.717, 1.165) is 78.0 Å². The maximum atomic E-state index is 14.5. The third kappa shape index (κ3) is 9.47. The number of rotatable bonds is 13. The van der Waals surface area contributed by atoms with Crippen LogP contribution in [0.4, 0.5) is 5.69 Å². The van der Waals surface area contributed by atoms with Gasteiger partial charge in [-0.1, -0.05) is 49.6 Å². The first-order chi connectivity index (χ1) is 21.7. The second-order valence-electron chi connectivity index (χ2n) is 11.9. The molecule has 1 saturated heterocycles. The molecule has 2 aliphatic rings. The van der Waals surface area contributed by atoms with Crippen LogP contribution >= 0.6 is 0 Å². The van der Waals surface area contributed by atoms with Gasteiger partial charge in [-0.2, -0.15) is 0 Å². The van der Waals surface area contributed by atoms with E-state index in [1.54, 1.807) is 25.1 Å². The number of fused-ring (bicyclic) bond motifs is 1. The summed E-state index contributed by atoms with van der Waals surface area (Å²) in [4.78, 5) is 43.6. The number of nitrogens with zero attached hydrogens (tertiary/aromatic N) is 3. The number of benzene rings is 2. The summed E-state index contributed by atoms with van der Waals surface area (Å²) in [7, 11) is 0. The number of amides is 2. The maximum absolute atomic E-state index is 14.5. The van der Waals surface area contributed by atoms with Gasteiger partial charge in [0.05, 0.1) is 13.0 Å². The average Bonchev–Trinajstić information content (AvgIpc) is 3.03. The second kappa shape index (κ2) is 16.7. The molecule has 2 amide bonds. The molecule has 246 valence electrons. The highest BCUT2D eigenvalue weighted by Crippen LogP contribution is 2.29. The lowest BCUT2D eigenvalue weighted by atomic mass is 9.88. The molecular weight excluding hydrogens is 596 g/mol. The normalized spacial score (nSPS) is 17.3. The van der Waals surface area contributed by atoms with Crippen molar-refractivity contribution in [2.75, 3.05) is 43.6 Å². The number of guanidine groups is 1. The molecule has 2 unspecified atom stereocenters. The maximum Gasteiger partial charge on any atom is 0.325 e. The van der Waals surface area contributed by atoms with Crippen molar-refractivity contribution in [2.24, 2.45) is 17.6 Å². The van der Waals surface area contributed by atoms with Gasteiger partial charge in [0.1, 0.15) is 12.6 Å². The molecule has 2 atom stereocenters. The lowest BCUT2D eigenvalue weighted by Gasteiger charge is -2.38. The predicted molar refractivity (Wildman–Crippen MR) is 173 cm³/mol. The van der Waals surface area contributed by atoms with E-state index in [9.17, 15) is 23.1 Å². The van der Waals surface area contributed by atoms with E-state index >= 15 is 0 Å². The van der Waals surface area contributed by atoms with Gasteiger partial charge in [-0.15, -0.1) is 0 Å². The van der Waals surface area contributed by atoms with E-state index in [-0.39, 0.29) is 43.8 Å². The van der Waals surface area contributed by atoms with Crippen LogP contribution in [0.25, 0.3) is 10.8 Å². The van der Waals surface area contributed by atoms with E-state index < -0.39 is 47.5 Å². The number of nitrogens with one attached hydrogen (secondary N) is 2. The van der Waals surface area contributed by atoms with Crippen molar-refractivity contribution in [3.63, 3.8) is 0 Å². The van der Waals surface area contributed by atoms with Crippen molar-refractivity contribution in [1.29, 1.82) is 5.41 Å². The van der Waals surface area contributed by atoms with E-state index in [2.05, 4.69) is 5.32 Å². The van der Waals surface area contributed by atoms with Gasteiger partial charge < -0.3 is 25.2 Å². The Morgan fingerprint density at radius 2 is 1.69 bits per heavy atom. The first-order valence-electron chi connectivity index (χ1n) is 15.8. The van der Waals surface area contributed by atoms with E-state index in [4.69, 9.17) is 15.9 Å². The zero-order valence-electron chi connectivity index (χ0n) is 25.9. The van der Waals surface area contributed by atoms with Crippen LogP contribution < -0.4 is 15.4 Å². The first-order valence-corrected chi connectivity index (χ1v) is 16.9. The number of nitrogens with two attached hydrogens (primary N) is 1. The Morgan fingerprint density at radius 3 is 2.33 bits per heavy atom. The monoisotopic (exact) mass is 641 g/mol. The molecule has 1 heterocycles. The molecule has 1 saturated carbocycles. The van der Waals surface area contributed by atoms with Crippen LogP contribution in [0.1, 0.15) is 58.3 Å². The van der Waals surface area contributed by atoms with Crippen LogP contribution in [-0.4, -0.2) is 87.7 Å². The summed E-state index contributed by atoms with van der Waals surface area (Å²) >= 11 is -2.98. The second-order valence-corrected chi connectivity index (χ2v) is 12.7. The molecule has 2 fully saturated rings. The third-order valence-electron chi connectivity index (χ3n) is 8.72. The van der Waals surface area contributed by atoms with Crippen molar-refractivity contribution in [2.45, 2.75) is 64.3 Å². The topological polar surface area (TPSA) is 172 Å². The molecule has 2 aromatic rings. The molecule has 0 bridgehead atoms. The Labute approximate surface area is 267 Å². The van der Waals surface area contributed by atoms with Gasteiger partial charge >= 0.3 is 5.97 Å². The van der Waals surface area contributed by atoms with Gasteiger partial charge in [0.2, 0.25) is 11.8 Å². The van der Waals surface area contributed by atoms with Gasteiger partial charge in [-0.05, 0) is 80.4 Å². The van der Waals surface area contributed by atoms with Gasteiger partial charge in [0.15, 0.2) is 5.96 Å². The summed E-state index contributed by atoms with van der Waals surface area (Å²) in [6.07, 6.45) is 5.90. The Hall–Kier alpha value is -3.55. The lowest BCUT2D eigenvalue weighted by Crippen LogP contribution is -2.55. The third-order valence-corrected chi connectivity index (χ3v) is 9.50. The largest absolute Gasteiger partial charge is 0.755 e. The van der Waals surface area contributed by atoms with Gasteiger partial charge in [0, 0.05) is 30.0 Å². The van der Waals surface area contributed by atoms with Gasteiger partial charge in [-0.25, -0.2) is 0 Å². The summed E-state index contributed by atoms with van der Waals surface area (Å²) in [6, 6.07) is 10.9. The van der Waals surface area contributed by atoms with E-state index in [1.165, 1.54) is 4.90 Å². The Morgan fingerprint density at radius 1 is 1.02 bits per heavy atom. The Bertz CT molecular complexity index is 1360. The van der Waals surface area contributed by atoms with Gasteiger partial charge in [-0.3, -0.25) is 33.2 Å². The van der Waals surface area contributed by atoms with Crippen LogP contribution in [0.5, 0.6) is 0 Å². The summed E-state index contributed by atoms with van der Waals surface area (Å²) in [5.41, 5.74) is 6.08. The molecule has 0 spiro atoms. The van der Waals surface area contributed by atoms with Crippen molar-refractivity contribution in [3.8, 4) is 0 Å². The number of hydrogen-bond donors (Lipinski definition) is 3. The molecule has 2 aromatic carbocycles. The Balaban J connectivity index is 1.72. The number of piperidine rings is 1. The molecule has 1 aliphatic heterocycles. The smallest absolute Gasteiger partial charge is 0.325 e. The van der Waals surface area contributed by atoms with E-state index in [0.29, 0.717) is 0 Å². The number of hydrogen-bond acceptors (Lipinski definition) is 8. The van der Waals surface area contributed by atoms with Crippen molar-refractivity contribution in [1.82, 2.24) is 15.1 Å². The quantitative estimate of drug-likeness (QED) is 0.130. The molecule has 45 heavy (non-hydrogen) atoms. The molecule has 4 rings (SSSR count). The fourth-order valence-corrected chi connectivity index (χ4v) is 7.03. The minimum absolute atomic E-state index is 0.102. The first kappa shape index (κ1) is 34.3. The van der Waals surface area contributed by atoms with E-state index in [1.807, 2.05) is 24.3 Å². The summed E-state index contributed by atoms with van der Waals surface area (Å²) in [5, 5.41) is 13.1. The van der Waals surface area contributed by atoms with Gasteiger partial charge in [0.25, 0.3) is 0 Å². The standard InChI is InChI=1S/C32H46N6O6S/c1-2-44-30(40)22-36(20-23-8-4-3-5-9-23)31(41)28(19-29(39)37(32(33)34)21-24-14-16-35-17-15-24)38(45(42)43)27-13-12-25-10-6-7-11-26(25)18-27/h6-7,10-13,18,23-24,28,35H,2-5,8-9,14-17,19-22H2,1H3,(H3,33,34)(H,42,43)/p-1. The van der Waals surface area contributed by atoms with Crippen molar-refractivity contribution in [3.05, 3.63) is 42.5 Å².